The van der Waals surface area contributed by atoms with Crippen molar-refractivity contribution in [3.05, 3.63) is 72.0 Å². The number of carbonyl (C=O) groups excluding carboxylic acids is 3. The summed E-state index contributed by atoms with van der Waals surface area (Å²) < 4.78 is 5.31. The largest absolute Gasteiger partial charge is 0.497 e. The van der Waals surface area contributed by atoms with Crippen LogP contribution in [0.15, 0.2) is 66.5 Å². The molecule has 3 atom stereocenters. The number of allylic oxidation sites excluding steroid dienone is 2. The molecule has 5 rings (SSSR count). The van der Waals surface area contributed by atoms with E-state index in [1.807, 2.05) is 41.3 Å². The summed E-state index contributed by atoms with van der Waals surface area (Å²) in [5.74, 6) is 0.805. The molecule has 41 heavy (non-hydrogen) atoms. The molecule has 0 bridgehead atoms. The van der Waals surface area contributed by atoms with Gasteiger partial charge in [-0.25, -0.2) is 14.8 Å². The zero-order valence-electron chi connectivity index (χ0n) is 24.7. The fraction of sp³-hybridized carbons (Fsp3) is 0.469. The van der Waals surface area contributed by atoms with Crippen LogP contribution in [-0.2, 0) is 20.9 Å². The second-order valence-electron chi connectivity index (χ2n) is 12.1. The van der Waals surface area contributed by atoms with Crippen molar-refractivity contribution in [3.63, 3.8) is 0 Å². The van der Waals surface area contributed by atoms with Crippen molar-refractivity contribution in [2.24, 2.45) is 11.3 Å². The number of hydrogen-bond donors (Lipinski definition) is 1. The molecule has 0 spiro atoms. The van der Waals surface area contributed by atoms with Crippen molar-refractivity contribution in [2.45, 2.75) is 52.4 Å². The Morgan fingerprint density at radius 2 is 1.90 bits per heavy atom. The van der Waals surface area contributed by atoms with Gasteiger partial charge in [-0.15, -0.1) is 0 Å². The molecule has 9 heteroatoms. The van der Waals surface area contributed by atoms with E-state index in [0.717, 1.165) is 28.5 Å². The number of hydrazine groups is 1. The maximum absolute atomic E-state index is 14.0. The Hall–Kier alpha value is -3.85. The third-order valence-corrected chi connectivity index (χ3v) is 8.38. The number of likely N-dealkylation sites (N-methyl/N-ethyl adjacent to an activating group) is 1. The number of carbonyl (C=O) groups is 3. The molecule has 2 heterocycles. The highest BCUT2D eigenvalue weighted by molar-refractivity contribution is 5.92. The monoisotopic (exact) mass is 559 g/mol. The van der Waals surface area contributed by atoms with Gasteiger partial charge >= 0.3 is 6.03 Å². The van der Waals surface area contributed by atoms with Gasteiger partial charge in [0.2, 0.25) is 11.8 Å². The number of ether oxygens (including phenoxy) is 1. The van der Waals surface area contributed by atoms with Crippen LogP contribution in [0.2, 0.25) is 0 Å². The molecular weight excluding hydrogens is 518 g/mol. The van der Waals surface area contributed by atoms with Crippen molar-refractivity contribution < 1.29 is 19.1 Å². The first kappa shape index (κ1) is 28.7. The Bertz CT molecular complexity index is 1380. The summed E-state index contributed by atoms with van der Waals surface area (Å²) in [5, 5.41) is 8.63. The average molecular weight is 560 g/mol. The third-order valence-electron chi connectivity index (χ3n) is 8.38. The number of urea groups is 1. The number of rotatable bonds is 7. The first-order valence-electron chi connectivity index (χ1n) is 14.4. The minimum Gasteiger partial charge on any atom is -0.497 e. The Morgan fingerprint density at radius 3 is 2.61 bits per heavy atom. The van der Waals surface area contributed by atoms with Crippen LogP contribution in [0, 0.1) is 11.3 Å². The third kappa shape index (κ3) is 5.81. The summed E-state index contributed by atoms with van der Waals surface area (Å²) in [6.07, 6.45) is 6.67. The Kier molecular flexibility index (Phi) is 8.09. The van der Waals surface area contributed by atoms with E-state index in [2.05, 4.69) is 50.4 Å². The Labute approximate surface area is 242 Å². The predicted molar refractivity (Wildman–Crippen MR) is 158 cm³/mol. The van der Waals surface area contributed by atoms with E-state index in [9.17, 15) is 14.4 Å². The normalized spacial score (nSPS) is 25.0. The standard InChI is InChI=1S/C32H41N5O4/c1-22(2)17-27-30(39)35(18-24-11-8-10-23-9-6-7-12-26(23)24)19-28-36(27)29(38)20-34(4)37(28)31(40)33-21-32(3)15-13-25(41-5)14-16-32/h6-15,22,27-28H,16-21H2,1-5H3,(H,33,40)/t27-,28-,32?/m0/s1. The molecule has 2 aromatic rings. The van der Waals surface area contributed by atoms with E-state index in [1.54, 1.807) is 29.1 Å². The number of nitrogens with one attached hydrogen (secondary N) is 1. The van der Waals surface area contributed by atoms with Crippen molar-refractivity contribution in [2.75, 3.05) is 33.8 Å². The Balaban J connectivity index is 1.42. The summed E-state index contributed by atoms with van der Waals surface area (Å²) in [5.41, 5.74) is 0.783. The van der Waals surface area contributed by atoms with Crippen LogP contribution in [-0.4, -0.2) is 83.7 Å². The molecular formula is C32H41N5O4. The number of amides is 4. The number of nitrogens with zero attached hydrogens (tertiary/aromatic N) is 4. The smallest absolute Gasteiger partial charge is 0.333 e. The minimum atomic E-state index is -0.628. The highest BCUT2D eigenvalue weighted by Crippen LogP contribution is 2.32. The van der Waals surface area contributed by atoms with Gasteiger partial charge in [0.1, 0.15) is 18.0 Å². The number of fused-ring (bicyclic) bond motifs is 2. The highest BCUT2D eigenvalue weighted by atomic mass is 16.5. The summed E-state index contributed by atoms with van der Waals surface area (Å²) in [7, 11) is 3.40. The van der Waals surface area contributed by atoms with Gasteiger partial charge in [-0.2, -0.15) is 0 Å². The Morgan fingerprint density at radius 1 is 1.15 bits per heavy atom. The lowest BCUT2D eigenvalue weighted by Gasteiger charge is -2.54. The van der Waals surface area contributed by atoms with Crippen LogP contribution in [0.1, 0.15) is 39.2 Å². The van der Waals surface area contributed by atoms with Crippen LogP contribution in [0.25, 0.3) is 10.8 Å². The zero-order valence-corrected chi connectivity index (χ0v) is 24.7. The summed E-state index contributed by atoms with van der Waals surface area (Å²) >= 11 is 0. The maximum atomic E-state index is 14.0. The predicted octanol–water partition coefficient (Wildman–Crippen LogP) is 4.12. The van der Waals surface area contributed by atoms with Gasteiger partial charge in [0.25, 0.3) is 0 Å². The maximum Gasteiger partial charge on any atom is 0.333 e. The molecule has 218 valence electrons. The topological polar surface area (TPSA) is 85.4 Å². The van der Waals surface area contributed by atoms with Crippen LogP contribution in [0.5, 0.6) is 0 Å². The summed E-state index contributed by atoms with van der Waals surface area (Å²) in [6.45, 7) is 7.30. The lowest BCUT2D eigenvalue weighted by atomic mass is 9.83. The summed E-state index contributed by atoms with van der Waals surface area (Å²) in [4.78, 5) is 44.7. The van der Waals surface area contributed by atoms with Crippen LogP contribution in [0.3, 0.4) is 0 Å². The first-order chi connectivity index (χ1) is 19.6. The molecule has 9 nitrogen and oxygen atoms in total. The minimum absolute atomic E-state index is 0.0340. The van der Waals surface area contributed by atoms with Crippen LogP contribution < -0.4 is 5.32 Å². The van der Waals surface area contributed by atoms with Crippen molar-refractivity contribution >= 4 is 28.6 Å². The van der Waals surface area contributed by atoms with Gasteiger partial charge in [-0.1, -0.05) is 69.3 Å². The molecule has 0 radical (unpaired) electrons. The first-order valence-corrected chi connectivity index (χ1v) is 14.4. The van der Waals surface area contributed by atoms with Gasteiger partial charge < -0.3 is 19.9 Å². The molecule has 4 amide bonds. The van der Waals surface area contributed by atoms with Gasteiger partial charge in [0.05, 0.1) is 20.2 Å². The van der Waals surface area contributed by atoms with E-state index in [4.69, 9.17) is 4.74 Å². The summed E-state index contributed by atoms with van der Waals surface area (Å²) in [6, 6.07) is 13.3. The zero-order chi connectivity index (χ0) is 29.3. The molecule has 3 aliphatic rings. The van der Waals surface area contributed by atoms with Gasteiger partial charge in [0, 0.05) is 25.6 Å². The van der Waals surface area contributed by atoms with E-state index in [1.165, 1.54) is 0 Å². The van der Waals surface area contributed by atoms with Crippen molar-refractivity contribution in [3.8, 4) is 0 Å². The van der Waals surface area contributed by atoms with Gasteiger partial charge in [-0.05, 0) is 47.2 Å². The van der Waals surface area contributed by atoms with Gasteiger partial charge in [0.15, 0.2) is 0 Å². The molecule has 2 aromatic carbocycles. The number of benzene rings is 2. The number of methoxy groups -OCH3 is 1. The highest BCUT2D eigenvalue weighted by Gasteiger charge is 2.50. The van der Waals surface area contributed by atoms with Crippen LogP contribution in [0.4, 0.5) is 4.79 Å². The second kappa shape index (κ2) is 11.6. The fourth-order valence-corrected chi connectivity index (χ4v) is 6.15. The number of piperazine rings is 1. The van der Waals surface area contributed by atoms with E-state index in [-0.39, 0.29) is 42.3 Å². The number of hydrogen-bond acceptors (Lipinski definition) is 5. The molecule has 0 aromatic heterocycles. The molecule has 2 aliphatic heterocycles. The molecule has 2 saturated heterocycles. The van der Waals surface area contributed by atoms with E-state index in [0.29, 0.717) is 19.5 Å². The van der Waals surface area contributed by atoms with E-state index >= 15 is 0 Å². The van der Waals surface area contributed by atoms with E-state index < -0.39 is 12.2 Å². The van der Waals surface area contributed by atoms with Gasteiger partial charge in [-0.3, -0.25) is 9.59 Å². The molecule has 1 unspecified atom stereocenters. The van der Waals surface area contributed by atoms with Crippen molar-refractivity contribution in [1.82, 2.24) is 25.1 Å². The lowest BCUT2D eigenvalue weighted by Crippen LogP contribution is -2.76. The van der Waals surface area contributed by atoms with Crippen molar-refractivity contribution in [1.29, 1.82) is 0 Å². The lowest BCUT2D eigenvalue weighted by molar-refractivity contribution is -0.188. The molecule has 2 fully saturated rings. The second-order valence-corrected chi connectivity index (χ2v) is 12.1. The molecule has 1 N–H and O–H groups in total. The molecule has 0 saturated carbocycles. The van der Waals surface area contributed by atoms with Crippen LogP contribution >= 0.6 is 0 Å². The molecule has 1 aliphatic carbocycles. The SMILES string of the molecule is COC1=CCC(C)(CNC(=O)N2[C@H]3CN(Cc4cccc5ccccc45)C(=O)[C@H](CC(C)C)N3C(=O)CN2C)C=C1. The quantitative estimate of drug-likeness (QED) is 0.552. The average Bonchev–Trinajstić information content (AvgIpc) is 2.94. The fourth-order valence-electron chi connectivity index (χ4n) is 6.15.